The molecule has 0 aliphatic carbocycles. The van der Waals surface area contributed by atoms with Crippen LogP contribution in [0.4, 0.5) is 0 Å². The van der Waals surface area contributed by atoms with E-state index in [0.29, 0.717) is 5.75 Å². The summed E-state index contributed by atoms with van der Waals surface area (Å²) in [4.78, 5) is 13.0. The fraction of sp³-hybridized carbons (Fsp3) is 0.278. The minimum absolute atomic E-state index is 0.0817. The molecule has 3 nitrogen and oxygen atoms in total. The van der Waals surface area contributed by atoms with Gasteiger partial charge in [-0.2, -0.15) is 0 Å². The van der Waals surface area contributed by atoms with Crippen LogP contribution in [-0.2, 0) is 10.4 Å². The summed E-state index contributed by atoms with van der Waals surface area (Å²) in [6, 6.07) is 17.4. The molecule has 0 spiro atoms. The highest BCUT2D eigenvalue weighted by molar-refractivity contribution is 8.00. The van der Waals surface area contributed by atoms with Gasteiger partial charge in [0.2, 0.25) is 5.91 Å². The second kappa shape index (κ2) is 7.47. The van der Waals surface area contributed by atoms with Gasteiger partial charge in [-0.15, -0.1) is 11.8 Å². The van der Waals surface area contributed by atoms with Crippen molar-refractivity contribution in [2.24, 2.45) is 0 Å². The fourth-order valence-corrected chi connectivity index (χ4v) is 2.73. The van der Waals surface area contributed by atoms with E-state index in [2.05, 4.69) is 5.32 Å². The highest BCUT2D eigenvalue weighted by Gasteiger charge is 2.23. The quantitative estimate of drug-likeness (QED) is 0.805. The van der Waals surface area contributed by atoms with Crippen LogP contribution in [0, 0.1) is 6.92 Å². The Morgan fingerprint density at radius 1 is 1.14 bits per heavy atom. The average molecular weight is 315 g/mol. The largest absolute Gasteiger partial charge is 0.384 e. The molecule has 2 aromatic carbocycles. The Hall–Kier alpha value is -1.78. The van der Waals surface area contributed by atoms with Crippen molar-refractivity contribution in [3.05, 3.63) is 65.7 Å². The molecular formula is C18H21NO2S. The fourth-order valence-electron chi connectivity index (χ4n) is 2.00. The zero-order chi connectivity index (χ0) is 16.0. The van der Waals surface area contributed by atoms with E-state index in [-0.39, 0.29) is 12.5 Å². The predicted octanol–water partition coefficient (Wildman–Crippen LogP) is 3.11. The molecule has 22 heavy (non-hydrogen) atoms. The molecule has 0 aliphatic heterocycles. The lowest BCUT2D eigenvalue weighted by molar-refractivity contribution is -0.119. The molecular weight excluding hydrogens is 294 g/mol. The van der Waals surface area contributed by atoms with Gasteiger partial charge in [-0.3, -0.25) is 4.79 Å². The highest BCUT2D eigenvalue weighted by Crippen LogP contribution is 2.20. The topological polar surface area (TPSA) is 49.3 Å². The Morgan fingerprint density at radius 2 is 1.77 bits per heavy atom. The lowest BCUT2D eigenvalue weighted by Gasteiger charge is -2.24. The first-order chi connectivity index (χ1) is 10.5. The van der Waals surface area contributed by atoms with Gasteiger partial charge in [-0.1, -0.05) is 48.0 Å². The Balaban J connectivity index is 1.81. The summed E-state index contributed by atoms with van der Waals surface area (Å²) >= 11 is 1.49. The van der Waals surface area contributed by atoms with Crippen LogP contribution in [-0.4, -0.2) is 23.3 Å². The van der Waals surface area contributed by atoms with Gasteiger partial charge in [-0.25, -0.2) is 0 Å². The van der Waals surface area contributed by atoms with Crippen LogP contribution in [0.1, 0.15) is 18.1 Å². The van der Waals surface area contributed by atoms with Crippen LogP contribution in [0.3, 0.4) is 0 Å². The van der Waals surface area contributed by atoms with Crippen molar-refractivity contribution in [2.75, 3.05) is 12.3 Å². The molecule has 2 N–H and O–H groups in total. The van der Waals surface area contributed by atoms with Crippen molar-refractivity contribution in [3.8, 4) is 0 Å². The van der Waals surface area contributed by atoms with Gasteiger partial charge in [0, 0.05) is 4.90 Å². The molecule has 2 rings (SSSR count). The number of hydrogen-bond acceptors (Lipinski definition) is 3. The summed E-state index contributed by atoms with van der Waals surface area (Å²) in [5.41, 5.74) is 0.931. The third-order valence-electron chi connectivity index (χ3n) is 3.42. The van der Waals surface area contributed by atoms with Gasteiger partial charge in [0.25, 0.3) is 0 Å². The minimum Gasteiger partial charge on any atom is -0.384 e. The zero-order valence-corrected chi connectivity index (χ0v) is 13.7. The van der Waals surface area contributed by atoms with Crippen molar-refractivity contribution in [1.82, 2.24) is 5.32 Å². The van der Waals surface area contributed by atoms with Crippen molar-refractivity contribution >= 4 is 17.7 Å². The predicted molar refractivity (Wildman–Crippen MR) is 90.9 cm³/mol. The van der Waals surface area contributed by atoms with Crippen LogP contribution in [0.5, 0.6) is 0 Å². The Labute approximate surface area is 135 Å². The summed E-state index contributed by atoms with van der Waals surface area (Å²) in [5.74, 6) is 0.260. The van der Waals surface area contributed by atoms with E-state index in [1.54, 1.807) is 6.92 Å². The van der Waals surface area contributed by atoms with Crippen LogP contribution in [0.25, 0.3) is 0 Å². The monoisotopic (exact) mass is 315 g/mol. The van der Waals surface area contributed by atoms with E-state index in [1.165, 1.54) is 17.3 Å². The number of thioether (sulfide) groups is 1. The van der Waals surface area contributed by atoms with Gasteiger partial charge >= 0.3 is 0 Å². The number of carbonyl (C=O) groups excluding carboxylic acids is 1. The van der Waals surface area contributed by atoms with Crippen molar-refractivity contribution in [3.63, 3.8) is 0 Å². The van der Waals surface area contributed by atoms with Crippen molar-refractivity contribution < 1.29 is 9.90 Å². The number of hydrogen-bond donors (Lipinski definition) is 2. The van der Waals surface area contributed by atoms with E-state index in [4.69, 9.17) is 0 Å². The first kappa shape index (κ1) is 16.6. The van der Waals surface area contributed by atoms with Crippen LogP contribution in [0.2, 0.25) is 0 Å². The molecule has 1 unspecified atom stereocenters. The number of nitrogens with one attached hydrogen (secondary N) is 1. The second-order valence-corrected chi connectivity index (χ2v) is 6.57. The molecule has 0 aliphatic rings. The lowest BCUT2D eigenvalue weighted by atomic mass is 9.96. The molecule has 2 aromatic rings. The zero-order valence-electron chi connectivity index (χ0n) is 12.9. The second-order valence-electron chi connectivity index (χ2n) is 5.52. The van der Waals surface area contributed by atoms with E-state index in [1.807, 2.05) is 61.5 Å². The van der Waals surface area contributed by atoms with E-state index in [9.17, 15) is 9.90 Å². The number of amides is 1. The van der Waals surface area contributed by atoms with Crippen LogP contribution >= 0.6 is 11.8 Å². The molecule has 0 aromatic heterocycles. The molecule has 1 amide bonds. The summed E-state index contributed by atoms with van der Waals surface area (Å²) in [7, 11) is 0. The van der Waals surface area contributed by atoms with Gasteiger partial charge in [0.1, 0.15) is 5.60 Å². The van der Waals surface area contributed by atoms with E-state index in [0.717, 1.165) is 10.5 Å². The van der Waals surface area contributed by atoms with Gasteiger partial charge in [-0.05, 0) is 31.5 Å². The van der Waals surface area contributed by atoms with E-state index >= 15 is 0 Å². The molecule has 0 fully saturated rings. The Bertz CT molecular complexity index is 609. The standard InChI is InChI=1S/C18H21NO2S/c1-14-8-10-16(11-9-14)22-12-17(20)19-13-18(2,21)15-6-4-3-5-7-15/h3-11,21H,12-13H2,1-2H3,(H,19,20). The molecule has 0 heterocycles. The third-order valence-corrected chi connectivity index (χ3v) is 4.43. The van der Waals surface area contributed by atoms with Crippen molar-refractivity contribution in [2.45, 2.75) is 24.3 Å². The minimum atomic E-state index is -1.06. The third kappa shape index (κ3) is 4.90. The number of rotatable bonds is 6. The molecule has 116 valence electrons. The smallest absolute Gasteiger partial charge is 0.230 e. The summed E-state index contributed by atoms with van der Waals surface area (Å²) in [5, 5.41) is 13.2. The van der Waals surface area contributed by atoms with Gasteiger partial charge in [0.15, 0.2) is 0 Å². The maximum absolute atomic E-state index is 11.9. The van der Waals surface area contributed by atoms with Crippen molar-refractivity contribution in [1.29, 1.82) is 0 Å². The normalized spacial score (nSPS) is 13.4. The molecule has 1 atom stereocenters. The number of carbonyl (C=O) groups is 1. The maximum atomic E-state index is 11.9. The summed E-state index contributed by atoms with van der Waals surface area (Å²) in [6.45, 7) is 3.94. The molecule has 0 radical (unpaired) electrons. The molecule has 0 saturated carbocycles. The number of benzene rings is 2. The van der Waals surface area contributed by atoms with Gasteiger partial charge in [0.05, 0.1) is 12.3 Å². The Morgan fingerprint density at radius 3 is 2.41 bits per heavy atom. The highest BCUT2D eigenvalue weighted by atomic mass is 32.2. The first-order valence-electron chi connectivity index (χ1n) is 7.21. The number of aryl methyl sites for hydroxylation is 1. The first-order valence-corrected chi connectivity index (χ1v) is 8.20. The molecule has 4 heteroatoms. The molecule has 0 saturated heterocycles. The lowest BCUT2D eigenvalue weighted by Crippen LogP contribution is -2.39. The Kier molecular flexibility index (Phi) is 5.63. The maximum Gasteiger partial charge on any atom is 0.230 e. The van der Waals surface area contributed by atoms with Crippen LogP contribution < -0.4 is 5.32 Å². The summed E-state index contributed by atoms with van der Waals surface area (Å²) in [6.07, 6.45) is 0. The average Bonchev–Trinajstić information content (AvgIpc) is 2.53. The van der Waals surface area contributed by atoms with Gasteiger partial charge < -0.3 is 10.4 Å². The summed E-state index contributed by atoms with van der Waals surface area (Å²) < 4.78 is 0. The van der Waals surface area contributed by atoms with Crippen LogP contribution in [0.15, 0.2) is 59.5 Å². The molecule has 0 bridgehead atoms. The number of aliphatic hydroxyl groups is 1. The van der Waals surface area contributed by atoms with E-state index < -0.39 is 5.60 Å². The SMILES string of the molecule is Cc1ccc(SCC(=O)NCC(C)(O)c2ccccc2)cc1.